The van der Waals surface area contributed by atoms with Crippen molar-refractivity contribution in [1.82, 2.24) is 19.7 Å². The van der Waals surface area contributed by atoms with Crippen LogP contribution in [-0.2, 0) is 17.8 Å². The molecule has 0 unspecified atom stereocenters. The molecule has 0 bridgehead atoms. The molecular weight excluding hydrogens is 336 g/mol. The van der Waals surface area contributed by atoms with E-state index in [4.69, 9.17) is 5.10 Å². The zero-order valence-corrected chi connectivity index (χ0v) is 16.5. The summed E-state index contributed by atoms with van der Waals surface area (Å²) in [6.45, 7) is 8.03. The van der Waals surface area contributed by atoms with Crippen molar-refractivity contribution in [3.8, 4) is 0 Å². The van der Waals surface area contributed by atoms with Gasteiger partial charge in [-0.2, -0.15) is 5.10 Å². The molecule has 1 saturated carbocycles. The van der Waals surface area contributed by atoms with Gasteiger partial charge in [0.1, 0.15) is 6.54 Å². The van der Waals surface area contributed by atoms with E-state index in [1.54, 1.807) is 6.20 Å². The van der Waals surface area contributed by atoms with Crippen molar-refractivity contribution in [2.24, 2.45) is 11.3 Å². The van der Waals surface area contributed by atoms with Crippen molar-refractivity contribution in [2.75, 3.05) is 6.54 Å². The highest BCUT2D eigenvalue weighted by molar-refractivity contribution is 5.77. The fourth-order valence-electron chi connectivity index (χ4n) is 5.67. The predicted octanol–water partition coefficient (Wildman–Crippen LogP) is 3.64. The first-order valence-corrected chi connectivity index (χ1v) is 10.2. The molecule has 2 aromatic rings. The Morgan fingerprint density at radius 2 is 2.19 bits per heavy atom. The summed E-state index contributed by atoms with van der Waals surface area (Å²) in [6, 6.07) is 4.20. The Labute approximate surface area is 160 Å². The van der Waals surface area contributed by atoms with Gasteiger partial charge in [0.15, 0.2) is 0 Å². The highest BCUT2D eigenvalue weighted by Gasteiger charge is 2.63. The van der Waals surface area contributed by atoms with Gasteiger partial charge in [0.25, 0.3) is 0 Å². The molecule has 0 radical (unpaired) electrons. The molecule has 0 N–H and O–H groups in total. The summed E-state index contributed by atoms with van der Waals surface area (Å²) >= 11 is 0. The maximum absolute atomic E-state index is 13.2. The van der Waals surface area contributed by atoms with Gasteiger partial charge in [-0.15, -0.1) is 0 Å². The largest absolute Gasteiger partial charge is 0.334 e. The molecule has 0 aromatic carbocycles. The molecule has 142 valence electrons. The molecule has 3 atom stereocenters. The van der Waals surface area contributed by atoms with E-state index in [1.807, 2.05) is 16.9 Å². The van der Waals surface area contributed by atoms with Gasteiger partial charge in [-0.3, -0.25) is 14.5 Å². The normalized spacial score (nSPS) is 28.0. The number of carbonyl (C=O) groups excluding carboxylic acids is 1. The Balaban J connectivity index is 1.38. The fourth-order valence-corrected chi connectivity index (χ4v) is 5.67. The molecular formula is C22H28N4O. The SMILES string of the molecule is Cc1nn(CC(=O)N2CCCC[C@@H]2c2cccnc2)c2c1[C@H]1[C@@H](C2)C1(C)C. The van der Waals surface area contributed by atoms with E-state index in [9.17, 15) is 4.79 Å². The van der Waals surface area contributed by atoms with E-state index in [0.717, 1.165) is 49.4 Å². The number of likely N-dealkylation sites (tertiary alicyclic amines) is 1. The number of piperidine rings is 1. The molecule has 5 heteroatoms. The molecule has 1 amide bonds. The van der Waals surface area contributed by atoms with Crippen LogP contribution in [0.3, 0.4) is 0 Å². The summed E-state index contributed by atoms with van der Waals surface area (Å²) in [6.07, 6.45) is 8.04. The second kappa shape index (κ2) is 5.91. The molecule has 2 aromatic heterocycles. The van der Waals surface area contributed by atoms with Gasteiger partial charge in [0, 0.05) is 30.2 Å². The summed E-state index contributed by atoms with van der Waals surface area (Å²) in [4.78, 5) is 19.5. The molecule has 3 heterocycles. The lowest BCUT2D eigenvalue weighted by molar-refractivity contribution is -0.136. The molecule has 3 aliphatic rings. The number of rotatable bonds is 3. The van der Waals surface area contributed by atoms with E-state index < -0.39 is 0 Å². The van der Waals surface area contributed by atoms with Crippen molar-refractivity contribution >= 4 is 5.91 Å². The third-order valence-electron chi connectivity index (χ3n) is 7.24. The number of aryl methyl sites for hydroxylation is 1. The molecule has 5 rings (SSSR count). The van der Waals surface area contributed by atoms with Gasteiger partial charge in [-0.05, 0) is 61.5 Å². The lowest BCUT2D eigenvalue weighted by Gasteiger charge is -2.36. The molecule has 1 aliphatic heterocycles. The topological polar surface area (TPSA) is 51.0 Å². The van der Waals surface area contributed by atoms with Crippen LogP contribution in [-0.4, -0.2) is 32.1 Å². The van der Waals surface area contributed by atoms with E-state index in [0.29, 0.717) is 17.9 Å². The standard InChI is InChI=1S/C22H28N4O/c1-14-20-18(11-16-21(20)22(16,2)3)26(24-14)13-19(27)25-10-5-4-8-17(25)15-7-6-9-23-12-15/h6-7,9,12,16-17,21H,4-5,8,10-11,13H2,1-3H3/t16-,17-,21-/m1/s1. The van der Waals surface area contributed by atoms with Crippen LogP contribution < -0.4 is 0 Å². The Morgan fingerprint density at radius 1 is 1.33 bits per heavy atom. The summed E-state index contributed by atoms with van der Waals surface area (Å²) in [7, 11) is 0. The number of hydrogen-bond acceptors (Lipinski definition) is 3. The Hall–Kier alpha value is -2.17. The van der Waals surface area contributed by atoms with Gasteiger partial charge in [-0.1, -0.05) is 19.9 Å². The van der Waals surface area contributed by atoms with Gasteiger partial charge in [-0.25, -0.2) is 0 Å². The maximum atomic E-state index is 13.2. The average molecular weight is 364 g/mol. The van der Waals surface area contributed by atoms with E-state index in [-0.39, 0.29) is 11.9 Å². The Bertz CT molecular complexity index is 885. The summed E-state index contributed by atoms with van der Waals surface area (Å²) < 4.78 is 2.00. The minimum atomic E-state index is 0.150. The number of amides is 1. The lowest BCUT2D eigenvalue weighted by Crippen LogP contribution is -2.40. The van der Waals surface area contributed by atoms with Crippen LogP contribution in [0.2, 0.25) is 0 Å². The van der Waals surface area contributed by atoms with Crippen LogP contribution in [0.5, 0.6) is 0 Å². The summed E-state index contributed by atoms with van der Waals surface area (Å²) in [5, 5.41) is 4.76. The maximum Gasteiger partial charge on any atom is 0.244 e. The van der Waals surface area contributed by atoms with Crippen LogP contribution in [0, 0.1) is 18.3 Å². The van der Waals surface area contributed by atoms with Crippen LogP contribution in [0.25, 0.3) is 0 Å². The van der Waals surface area contributed by atoms with Crippen LogP contribution in [0.4, 0.5) is 0 Å². The second-order valence-electron chi connectivity index (χ2n) is 9.10. The first kappa shape index (κ1) is 17.0. The highest BCUT2D eigenvalue weighted by atomic mass is 16.2. The summed E-state index contributed by atoms with van der Waals surface area (Å²) in [5.41, 5.74) is 5.42. The first-order chi connectivity index (χ1) is 13.0. The monoisotopic (exact) mass is 364 g/mol. The molecule has 5 nitrogen and oxygen atoms in total. The highest BCUT2D eigenvalue weighted by Crippen LogP contribution is 2.70. The van der Waals surface area contributed by atoms with Gasteiger partial charge < -0.3 is 4.90 Å². The third-order valence-corrected chi connectivity index (χ3v) is 7.24. The fraction of sp³-hybridized carbons (Fsp3) is 0.591. The van der Waals surface area contributed by atoms with E-state index in [1.165, 1.54) is 11.3 Å². The smallest absolute Gasteiger partial charge is 0.244 e. The minimum Gasteiger partial charge on any atom is -0.334 e. The molecule has 1 saturated heterocycles. The number of nitrogens with zero attached hydrogens (tertiary/aromatic N) is 4. The van der Waals surface area contributed by atoms with Crippen molar-refractivity contribution in [1.29, 1.82) is 0 Å². The predicted molar refractivity (Wildman–Crippen MR) is 103 cm³/mol. The molecule has 0 spiro atoms. The zero-order valence-electron chi connectivity index (χ0n) is 16.5. The van der Waals surface area contributed by atoms with Crippen LogP contribution in [0.15, 0.2) is 24.5 Å². The number of pyridine rings is 1. The van der Waals surface area contributed by atoms with E-state index >= 15 is 0 Å². The van der Waals surface area contributed by atoms with Gasteiger partial charge in [0.2, 0.25) is 5.91 Å². The quantitative estimate of drug-likeness (QED) is 0.835. The van der Waals surface area contributed by atoms with Crippen molar-refractivity contribution < 1.29 is 4.79 Å². The van der Waals surface area contributed by atoms with Gasteiger partial charge >= 0.3 is 0 Å². The number of fused-ring (bicyclic) bond motifs is 3. The molecule has 2 fully saturated rings. The first-order valence-electron chi connectivity index (χ1n) is 10.2. The van der Waals surface area contributed by atoms with Crippen molar-refractivity contribution in [3.05, 3.63) is 47.0 Å². The lowest BCUT2D eigenvalue weighted by atomic mass is 9.96. The number of carbonyl (C=O) groups is 1. The number of aromatic nitrogens is 3. The Kier molecular flexibility index (Phi) is 3.72. The molecule has 27 heavy (non-hydrogen) atoms. The van der Waals surface area contributed by atoms with Gasteiger partial charge in [0.05, 0.1) is 11.7 Å². The molecule has 2 aliphatic carbocycles. The summed E-state index contributed by atoms with van der Waals surface area (Å²) in [5.74, 6) is 1.58. The zero-order chi connectivity index (χ0) is 18.8. The third kappa shape index (κ3) is 2.54. The van der Waals surface area contributed by atoms with Crippen molar-refractivity contribution in [2.45, 2.75) is 65.0 Å². The van der Waals surface area contributed by atoms with E-state index in [2.05, 4.69) is 36.7 Å². The van der Waals surface area contributed by atoms with Crippen LogP contribution in [0.1, 0.15) is 67.6 Å². The van der Waals surface area contributed by atoms with Crippen LogP contribution >= 0.6 is 0 Å². The second-order valence-corrected chi connectivity index (χ2v) is 9.10. The van der Waals surface area contributed by atoms with Crippen molar-refractivity contribution in [3.63, 3.8) is 0 Å². The Morgan fingerprint density at radius 3 is 2.96 bits per heavy atom. The number of hydrogen-bond donors (Lipinski definition) is 0. The average Bonchev–Trinajstić information content (AvgIpc) is 3.00. The minimum absolute atomic E-state index is 0.150.